The van der Waals surface area contributed by atoms with Crippen LogP contribution in [0.5, 0.6) is 0 Å². The van der Waals surface area contributed by atoms with Crippen molar-refractivity contribution in [3.8, 4) is 5.69 Å². The van der Waals surface area contributed by atoms with Gasteiger partial charge in [0.05, 0.1) is 0 Å². The molecule has 5 heteroatoms. The fourth-order valence-corrected chi connectivity index (χ4v) is 3.08. The largest absolute Gasteiger partial charge is 0.301 e. The van der Waals surface area contributed by atoms with E-state index < -0.39 is 0 Å². The zero-order valence-electron chi connectivity index (χ0n) is 13.8. The Hall–Kier alpha value is -2.14. The van der Waals surface area contributed by atoms with Crippen LogP contribution in [-0.2, 0) is 4.79 Å². The molecule has 0 unspecified atom stereocenters. The summed E-state index contributed by atoms with van der Waals surface area (Å²) < 4.78 is 1.90. The van der Waals surface area contributed by atoms with Crippen LogP contribution in [0.2, 0.25) is 0 Å². The van der Waals surface area contributed by atoms with Crippen molar-refractivity contribution in [2.24, 2.45) is 5.92 Å². The maximum Gasteiger partial charge on any atom is 0.229 e. The molecule has 5 nitrogen and oxygen atoms in total. The molecule has 1 aliphatic rings. The lowest BCUT2D eigenvalue weighted by Crippen LogP contribution is -2.41. The molecule has 0 saturated carbocycles. The normalized spacial score (nSPS) is 16.7. The number of rotatable bonds is 4. The van der Waals surface area contributed by atoms with Crippen molar-refractivity contribution < 1.29 is 4.79 Å². The summed E-state index contributed by atoms with van der Waals surface area (Å²) in [5, 5.41) is 3.00. The van der Waals surface area contributed by atoms with E-state index in [1.165, 1.54) is 0 Å². The molecule has 0 aliphatic carbocycles. The zero-order chi connectivity index (χ0) is 16.2. The number of para-hydroxylation sites is 1. The van der Waals surface area contributed by atoms with Crippen LogP contribution >= 0.6 is 0 Å². The molecule has 0 spiro atoms. The van der Waals surface area contributed by atoms with Crippen molar-refractivity contribution >= 4 is 11.9 Å². The number of amides is 1. The van der Waals surface area contributed by atoms with Crippen molar-refractivity contribution in [1.29, 1.82) is 0 Å². The Bertz CT molecular complexity index is 642. The van der Waals surface area contributed by atoms with Gasteiger partial charge in [0.15, 0.2) is 0 Å². The summed E-state index contributed by atoms with van der Waals surface area (Å²) >= 11 is 0. The van der Waals surface area contributed by atoms with E-state index in [0.29, 0.717) is 12.0 Å². The Balaban J connectivity index is 1.65. The standard InChI is InChI=1S/C18H24N4O/c1-14(2)21-11-8-15(9-12-21)17(23)20-18-19-10-13-22(18)16-6-4-3-5-7-16/h3-7,10,13-15H,8-9,11-12H2,1-2H3,(H,19,20,23). The Morgan fingerprint density at radius 1 is 1.22 bits per heavy atom. The predicted molar refractivity (Wildman–Crippen MR) is 91.6 cm³/mol. The molecule has 2 heterocycles. The molecule has 2 aromatic rings. The van der Waals surface area contributed by atoms with E-state index in [4.69, 9.17) is 0 Å². The summed E-state index contributed by atoms with van der Waals surface area (Å²) in [6.45, 7) is 6.39. The fourth-order valence-electron chi connectivity index (χ4n) is 3.08. The minimum Gasteiger partial charge on any atom is -0.301 e. The van der Waals surface area contributed by atoms with Crippen LogP contribution in [-0.4, -0.2) is 39.5 Å². The molecular weight excluding hydrogens is 288 g/mol. The summed E-state index contributed by atoms with van der Waals surface area (Å²) in [6, 6.07) is 10.5. The molecule has 1 fully saturated rings. The van der Waals surface area contributed by atoms with Gasteiger partial charge in [0.25, 0.3) is 0 Å². The van der Waals surface area contributed by atoms with E-state index in [2.05, 4.69) is 29.0 Å². The monoisotopic (exact) mass is 312 g/mol. The third kappa shape index (κ3) is 3.62. The van der Waals surface area contributed by atoms with Crippen LogP contribution in [0, 0.1) is 5.92 Å². The minimum absolute atomic E-state index is 0.0749. The van der Waals surface area contributed by atoms with Crippen LogP contribution < -0.4 is 5.32 Å². The number of carbonyl (C=O) groups is 1. The van der Waals surface area contributed by atoms with Gasteiger partial charge in [-0.15, -0.1) is 0 Å². The summed E-state index contributed by atoms with van der Waals surface area (Å²) in [5.41, 5.74) is 0.995. The number of imidazole rings is 1. The fraction of sp³-hybridized carbons (Fsp3) is 0.444. The molecule has 1 aliphatic heterocycles. The summed E-state index contributed by atoms with van der Waals surface area (Å²) in [4.78, 5) is 19.3. The Labute approximate surface area is 137 Å². The average Bonchev–Trinajstić information content (AvgIpc) is 3.04. The second-order valence-electron chi connectivity index (χ2n) is 6.35. The van der Waals surface area contributed by atoms with Gasteiger partial charge in [-0.25, -0.2) is 4.98 Å². The van der Waals surface area contributed by atoms with Gasteiger partial charge in [-0.1, -0.05) is 18.2 Å². The van der Waals surface area contributed by atoms with E-state index in [1.807, 2.05) is 41.1 Å². The summed E-state index contributed by atoms with van der Waals surface area (Å²) in [7, 11) is 0. The number of hydrogen-bond donors (Lipinski definition) is 1. The molecule has 1 saturated heterocycles. The number of hydrogen-bond acceptors (Lipinski definition) is 3. The second-order valence-corrected chi connectivity index (χ2v) is 6.35. The van der Waals surface area contributed by atoms with Crippen LogP contribution in [0.4, 0.5) is 5.95 Å². The highest BCUT2D eigenvalue weighted by atomic mass is 16.2. The zero-order valence-corrected chi connectivity index (χ0v) is 13.8. The first kappa shape index (κ1) is 15.7. The van der Waals surface area contributed by atoms with Crippen LogP contribution in [0.1, 0.15) is 26.7 Å². The van der Waals surface area contributed by atoms with Gasteiger partial charge in [0.2, 0.25) is 11.9 Å². The first-order chi connectivity index (χ1) is 11.1. The number of likely N-dealkylation sites (tertiary alicyclic amines) is 1. The number of anilines is 1. The maximum atomic E-state index is 12.5. The van der Waals surface area contributed by atoms with E-state index >= 15 is 0 Å². The van der Waals surface area contributed by atoms with Crippen molar-refractivity contribution in [3.05, 3.63) is 42.7 Å². The van der Waals surface area contributed by atoms with Gasteiger partial charge in [0.1, 0.15) is 0 Å². The van der Waals surface area contributed by atoms with Crippen LogP contribution in [0.3, 0.4) is 0 Å². The highest BCUT2D eigenvalue weighted by Gasteiger charge is 2.26. The third-order valence-electron chi connectivity index (χ3n) is 4.54. The van der Waals surface area contributed by atoms with Gasteiger partial charge in [-0.2, -0.15) is 0 Å². The molecule has 1 amide bonds. The van der Waals surface area contributed by atoms with E-state index in [0.717, 1.165) is 31.6 Å². The number of carbonyl (C=O) groups excluding carboxylic acids is 1. The molecule has 0 bridgehead atoms. The van der Waals surface area contributed by atoms with Gasteiger partial charge < -0.3 is 4.90 Å². The molecule has 122 valence electrons. The molecule has 3 rings (SSSR count). The minimum atomic E-state index is 0.0749. The molecule has 1 aromatic carbocycles. The summed E-state index contributed by atoms with van der Waals surface area (Å²) in [6.07, 6.45) is 5.41. The van der Waals surface area contributed by atoms with Gasteiger partial charge in [0, 0.05) is 30.0 Å². The molecule has 1 aromatic heterocycles. The lowest BCUT2D eigenvalue weighted by atomic mass is 9.95. The lowest BCUT2D eigenvalue weighted by Gasteiger charge is -2.33. The Morgan fingerprint density at radius 3 is 2.57 bits per heavy atom. The average molecular weight is 312 g/mol. The molecule has 0 atom stereocenters. The Kier molecular flexibility index (Phi) is 4.76. The predicted octanol–water partition coefficient (Wildman–Crippen LogP) is 2.93. The number of piperidine rings is 1. The SMILES string of the molecule is CC(C)N1CCC(C(=O)Nc2nccn2-c2ccccc2)CC1. The molecular formula is C18H24N4O. The van der Waals surface area contributed by atoms with E-state index in [1.54, 1.807) is 6.20 Å². The van der Waals surface area contributed by atoms with Crippen molar-refractivity contribution in [2.75, 3.05) is 18.4 Å². The summed E-state index contributed by atoms with van der Waals surface area (Å²) in [5.74, 6) is 0.746. The maximum absolute atomic E-state index is 12.5. The smallest absolute Gasteiger partial charge is 0.229 e. The topological polar surface area (TPSA) is 50.2 Å². The molecule has 0 radical (unpaired) electrons. The van der Waals surface area contributed by atoms with Crippen LogP contribution in [0.15, 0.2) is 42.7 Å². The number of nitrogens with one attached hydrogen (secondary N) is 1. The number of nitrogens with zero attached hydrogens (tertiary/aromatic N) is 3. The number of benzene rings is 1. The van der Waals surface area contributed by atoms with Gasteiger partial charge >= 0.3 is 0 Å². The molecule has 23 heavy (non-hydrogen) atoms. The quantitative estimate of drug-likeness (QED) is 0.944. The Morgan fingerprint density at radius 2 is 1.91 bits per heavy atom. The first-order valence-corrected chi connectivity index (χ1v) is 8.29. The lowest BCUT2D eigenvalue weighted by molar-refractivity contribution is -0.121. The van der Waals surface area contributed by atoms with E-state index in [-0.39, 0.29) is 11.8 Å². The van der Waals surface area contributed by atoms with Gasteiger partial charge in [-0.3, -0.25) is 14.7 Å². The highest BCUT2D eigenvalue weighted by molar-refractivity contribution is 5.91. The van der Waals surface area contributed by atoms with Crippen molar-refractivity contribution in [3.63, 3.8) is 0 Å². The van der Waals surface area contributed by atoms with Crippen molar-refractivity contribution in [1.82, 2.24) is 14.5 Å². The third-order valence-corrected chi connectivity index (χ3v) is 4.54. The second kappa shape index (κ2) is 6.96. The highest BCUT2D eigenvalue weighted by Crippen LogP contribution is 2.21. The van der Waals surface area contributed by atoms with E-state index in [9.17, 15) is 4.79 Å². The van der Waals surface area contributed by atoms with Gasteiger partial charge in [-0.05, 0) is 51.9 Å². The first-order valence-electron chi connectivity index (χ1n) is 8.29. The van der Waals surface area contributed by atoms with Crippen LogP contribution in [0.25, 0.3) is 5.69 Å². The van der Waals surface area contributed by atoms with Crippen molar-refractivity contribution in [2.45, 2.75) is 32.7 Å². The number of aromatic nitrogens is 2. The molecule has 1 N–H and O–H groups in total.